The molecule has 51 heavy (non-hydrogen) atoms. The molecule has 0 spiro atoms. The molecule has 1 aliphatic rings. The Morgan fingerprint density at radius 2 is 1.37 bits per heavy atom. The third kappa shape index (κ3) is 11.7. The Labute approximate surface area is 293 Å². The van der Waals surface area contributed by atoms with Crippen molar-refractivity contribution in [1.82, 2.24) is 5.32 Å². The van der Waals surface area contributed by atoms with E-state index in [1.165, 1.54) is 49.6 Å². The summed E-state index contributed by atoms with van der Waals surface area (Å²) >= 11 is 0. The highest BCUT2D eigenvalue weighted by atomic mass is 16.6. The first-order valence-corrected chi connectivity index (χ1v) is 15.7. The highest BCUT2D eigenvalue weighted by Crippen LogP contribution is 2.32. The van der Waals surface area contributed by atoms with E-state index < -0.39 is 23.7 Å². The first kappa shape index (κ1) is 39.1. The Hall–Kier alpha value is -6.33. The smallest absolute Gasteiger partial charge is 0.411 e. The number of methoxy groups -OCH3 is 1. The molecule has 0 aromatic heterocycles. The number of benzene rings is 2. The number of alkyl carbamates (subject to hydrolysis) is 1. The lowest BCUT2D eigenvalue weighted by atomic mass is 9.83. The molecule has 2 aromatic rings. The van der Waals surface area contributed by atoms with E-state index in [0.29, 0.717) is 34.8 Å². The average molecular weight is 703 g/mol. The Balaban J connectivity index is 1.72. The first-order valence-electron chi connectivity index (χ1n) is 15.7. The van der Waals surface area contributed by atoms with Gasteiger partial charge >= 0.3 is 18.3 Å². The first-order chi connectivity index (χ1) is 24.5. The van der Waals surface area contributed by atoms with Crippen LogP contribution in [-0.4, -0.2) is 63.4 Å². The fourth-order valence-electron chi connectivity index (χ4n) is 4.89. The Kier molecular flexibility index (Phi) is 14.6. The van der Waals surface area contributed by atoms with E-state index in [9.17, 15) is 28.8 Å². The number of aryl methyl sites for hydroxylation is 1. The molecule has 0 radical (unpaired) electrons. The van der Waals surface area contributed by atoms with Gasteiger partial charge in [0, 0.05) is 28.4 Å². The van der Waals surface area contributed by atoms with Crippen molar-refractivity contribution in [3.05, 3.63) is 65.5 Å². The maximum absolute atomic E-state index is 12.9. The summed E-state index contributed by atoms with van der Waals surface area (Å²) in [6.07, 6.45) is 5.70. The van der Waals surface area contributed by atoms with Gasteiger partial charge in [-0.25, -0.2) is 28.8 Å². The summed E-state index contributed by atoms with van der Waals surface area (Å²) < 4.78 is 21.7. The van der Waals surface area contributed by atoms with E-state index in [0.717, 1.165) is 0 Å². The lowest BCUT2D eigenvalue weighted by molar-refractivity contribution is 0.0103. The molecule has 268 valence electrons. The number of hydrogen-bond donors (Lipinski definition) is 3. The molecule has 3 atom stereocenters. The largest absolute Gasteiger partial charge is 0.494 e. The maximum atomic E-state index is 12.9. The van der Waals surface area contributed by atoms with Crippen molar-refractivity contribution in [2.45, 2.75) is 40.5 Å². The molecule has 1 aliphatic carbocycles. The zero-order valence-electron chi connectivity index (χ0n) is 28.7. The number of carbonyl (C=O) groups is 3. The average Bonchev–Trinajstić information content (AvgIpc) is 3.10. The number of hydrogen-bond acceptors (Lipinski definition) is 13. The minimum absolute atomic E-state index is 0.0430. The highest BCUT2D eigenvalue weighted by Gasteiger charge is 2.33. The van der Waals surface area contributed by atoms with Gasteiger partial charge in [0.25, 0.3) is 0 Å². The van der Waals surface area contributed by atoms with Gasteiger partial charge in [-0.15, -0.1) is 0 Å². The lowest BCUT2D eigenvalue weighted by Gasteiger charge is -2.31. The van der Waals surface area contributed by atoms with Crippen molar-refractivity contribution in [3.8, 4) is 5.75 Å². The second-order valence-electron chi connectivity index (χ2n) is 11.6. The van der Waals surface area contributed by atoms with Gasteiger partial charge in [-0.2, -0.15) is 15.0 Å². The van der Waals surface area contributed by atoms with E-state index in [1.54, 1.807) is 38.1 Å². The molecular formula is C35H38N6O10. The van der Waals surface area contributed by atoms with Gasteiger partial charge in [-0.05, 0) is 67.7 Å². The number of ether oxygens (including phenoxy) is 4. The molecule has 0 saturated carbocycles. The van der Waals surface area contributed by atoms with Crippen LogP contribution in [0, 0.1) is 24.2 Å². The van der Waals surface area contributed by atoms with Crippen LogP contribution in [0.15, 0.2) is 74.9 Å². The fraction of sp³-hybridized carbons (Fsp3) is 0.371. The highest BCUT2D eigenvalue weighted by molar-refractivity contribution is 5.86. The number of nitrogens with one attached hydrogen (secondary N) is 3. The van der Waals surface area contributed by atoms with Crippen molar-refractivity contribution in [1.29, 1.82) is 0 Å². The van der Waals surface area contributed by atoms with Crippen molar-refractivity contribution >= 4 is 59.3 Å². The minimum atomic E-state index is -1.02. The number of amides is 3. The Morgan fingerprint density at radius 1 is 0.804 bits per heavy atom. The van der Waals surface area contributed by atoms with Crippen molar-refractivity contribution in [2.24, 2.45) is 32.2 Å². The van der Waals surface area contributed by atoms with Crippen molar-refractivity contribution in [3.63, 3.8) is 0 Å². The second-order valence-corrected chi connectivity index (χ2v) is 11.6. The molecule has 16 nitrogen and oxygen atoms in total. The summed E-state index contributed by atoms with van der Waals surface area (Å²) in [7, 11) is 1.40. The van der Waals surface area contributed by atoms with Crippen LogP contribution in [0.1, 0.15) is 39.2 Å². The molecular weight excluding hydrogens is 664 g/mol. The second kappa shape index (κ2) is 19.0. The number of anilines is 2. The summed E-state index contributed by atoms with van der Waals surface area (Å²) in [5, 5.41) is 7.74. The predicted molar refractivity (Wildman–Crippen MR) is 184 cm³/mol. The normalized spacial score (nSPS) is 15.8. The molecule has 0 fully saturated rings. The van der Waals surface area contributed by atoms with E-state index in [-0.39, 0.29) is 55.2 Å². The van der Waals surface area contributed by atoms with Gasteiger partial charge in [0.15, 0.2) is 0 Å². The van der Waals surface area contributed by atoms with Crippen LogP contribution in [-0.2, 0) is 28.6 Å². The maximum Gasteiger partial charge on any atom is 0.411 e. The van der Waals surface area contributed by atoms with Gasteiger partial charge in [-0.1, -0.05) is 32.9 Å². The molecule has 3 unspecified atom stereocenters. The van der Waals surface area contributed by atoms with Crippen LogP contribution < -0.4 is 20.7 Å². The Bertz CT molecular complexity index is 1820. The lowest BCUT2D eigenvalue weighted by Crippen LogP contribution is -2.38. The van der Waals surface area contributed by atoms with Crippen LogP contribution in [0.5, 0.6) is 5.75 Å². The van der Waals surface area contributed by atoms with E-state index in [4.69, 9.17) is 18.9 Å². The standard InChI is InChI=1S/C35H38N6O10/c1-6-35(11-12-49-32(45)39-25-8-7-22(2)28(14-25)36-19-42,17-50-33(46)40-26-9-10-31(48-5)30(15-26)38-21-44)18-51-34(47)41-27-13-23(3)24(4)29(16-27)37-20-43/h7-10,13-16,23-24H,6,11-12,17-18H2,1-5H3,(H,39,45)(H,40,46)(H,41,47). The number of carbonyl (C=O) groups excluding carboxylic acids is 6. The van der Waals surface area contributed by atoms with Gasteiger partial charge in [0.2, 0.25) is 18.2 Å². The zero-order valence-corrected chi connectivity index (χ0v) is 28.7. The molecule has 0 bridgehead atoms. The van der Waals surface area contributed by atoms with Crippen LogP contribution in [0.25, 0.3) is 0 Å². The number of aliphatic imine (C=N–C) groups is 3. The SMILES string of the molecule is CCC(CCOC(=O)Nc1ccc(C)c(N=C=O)c1)(COC(=O)NC1=CC(C)C(C)C(N=C=O)=C1)COC(=O)Nc1ccc(OC)c(N=C=O)c1. The number of rotatable bonds is 15. The fourth-order valence-corrected chi connectivity index (χ4v) is 4.89. The third-order valence-electron chi connectivity index (χ3n) is 8.27. The molecule has 16 heteroatoms. The number of nitrogens with zero attached hydrogens (tertiary/aromatic N) is 3. The Morgan fingerprint density at radius 3 is 1.98 bits per heavy atom. The van der Waals surface area contributed by atoms with Crippen LogP contribution in [0.3, 0.4) is 0 Å². The summed E-state index contributed by atoms with van der Waals surface area (Å²) in [5.74, 6) is 0.176. The quantitative estimate of drug-likeness (QED) is 0.102. The monoisotopic (exact) mass is 702 g/mol. The summed E-state index contributed by atoms with van der Waals surface area (Å²) in [6, 6.07) is 9.16. The van der Waals surface area contributed by atoms with Crippen LogP contribution in [0.2, 0.25) is 0 Å². The van der Waals surface area contributed by atoms with Crippen LogP contribution >= 0.6 is 0 Å². The van der Waals surface area contributed by atoms with Crippen LogP contribution in [0.4, 0.5) is 37.1 Å². The number of isocyanates is 3. The summed E-state index contributed by atoms with van der Waals surface area (Å²) in [4.78, 5) is 81.7. The van der Waals surface area contributed by atoms with Gasteiger partial charge < -0.3 is 18.9 Å². The predicted octanol–water partition coefficient (Wildman–Crippen LogP) is 6.64. The van der Waals surface area contributed by atoms with E-state index >= 15 is 0 Å². The number of allylic oxidation sites excluding steroid dienone is 3. The van der Waals surface area contributed by atoms with E-state index in [2.05, 4.69) is 30.9 Å². The molecule has 3 rings (SSSR count). The third-order valence-corrected chi connectivity index (χ3v) is 8.27. The molecule has 0 saturated heterocycles. The summed E-state index contributed by atoms with van der Waals surface area (Å²) in [5.41, 5.74) is 1.56. The zero-order chi connectivity index (χ0) is 37.4. The minimum Gasteiger partial charge on any atom is -0.494 e. The molecule has 2 aromatic carbocycles. The van der Waals surface area contributed by atoms with Crippen molar-refractivity contribution < 1.29 is 47.7 Å². The molecule has 0 aliphatic heterocycles. The molecule has 3 amide bonds. The summed E-state index contributed by atoms with van der Waals surface area (Å²) in [6.45, 7) is 6.66. The molecule has 0 heterocycles. The molecule has 3 N–H and O–H groups in total. The van der Waals surface area contributed by atoms with Gasteiger partial charge in [0.1, 0.15) is 24.7 Å². The topological polar surface area (TPSA) is 213 Å². The van der Waals surface area contributed by atoms with Gasteiger partial charge in [0.05, 0.1) is 25.1 Å². The van der Waals surface area contributed by atoms with E-state index in [1.807, 2.05) is 13.8 Å². The van der Waals surface area contributed by atoms with Crippen molar-refractivity contribution in [2.75, 3.05) is 37.6 Å². The van der Waals surface area contributed by atoms with Gasteiger partial charge in [-0.3, -0.25) is 16.0 Å².